The second-order valence-corrected chi connectivity index (χ2v) is 6.46. The first-order valence-electron chi connectivity index (χ1n) is 6.85. The quantitative estimate of drug-likeness (QED) is 0.838. The van der Waals surface area contributed by atoms with Crippen LogP contribution in [0.5, 0.6) is 17.2 Å². The van der Waals surface area contributed by atoms with Gasteiger partial charge in [0.15, 0.2) is 11.5 Å². The van der Waals surface area contributed by atoms with Gasteiger partial charge in [-0.2, -0.15) is 0 Å². The first kappa shape index (κ1) is 17.1. The number of hydrogen-bond acceptors (Lipinski definition) is 5. The van der Waals surface area contributed by atoms with E-state index in [0.29, 0.717) is 17.2 Å². The molecule has 0 atom stereocenters. The van der Waals surface area contributed by atoms with Gasteiger partial charge >= 0.3 is 0 Å². The van der Waals surface area contributed by atoms with Crippen molar-refractivity contribution in [3.63, 3.8) is 0 Å². The molecule has 0 aliphatic heterocycles. The number of sulfonamides is 1. The fourth-order valence-electron chi connectivity index (χ4n) is 2.01. The highest BCUT2D eigenvalue weighted by atomic mass is 32.2. The van der Waals surface area contributed by atoms with E-state index in [9.17, 15) is 8.42 Å². The zero-order valence-electron chi connectivity index (χ0n) is 13.2. The summed E-state index contributed by atoms with van der Waals surface area (Å²) in [7, 11) is 1.01. The molecule has 2 aromatic carbocycles. The van der Waals surface area contributed by atoms with Gasteiger partial charge in [-0.15, -0.1) is 0 Å². The average Bonchev–Trinajstić information content (AvgIpc) is 2.59. The molecule has 0 aliphatic rings. The molecule has 0 fully saturated rings. The lowest BCUT2D eigenvalue weighted by Gasteiger charge is -2.11. The third-order valence-electron chi connectivity index (χ3n) is 3.28. The summed E-state index contributed by atoms with van der Waals surface area (Å²) >= 11 is 0. The minimum Gasteiger partial charge on any atom is -0.497 e. The van der Waals surface area contributed by atoms with Gasteiger partial charge < -0.3 is 14.2 Å². The topological polar surface area (TPSA) is 73.9 Å². The second-order valence-electron chi connectivity index (χ2n) is 4.69. The fraction of sp³-hybridized carbons (Fsp3) is 0.250. The lowest BCUT2D eigenvalue weighted by Crippen LogP contribution is -2.23. The summed E-state index contributed by atoms with van der Waals surface area (Å²) in [6.07, 6.45) is 0. The molecule has 0 bridgehead atoms. The highest BCUT2D eigenvalue weighted by Crippen LogP contribution is 2.27. The normalized spacial score (nSPS) is 11.1. The molecule has 0 aromatic heterocycles. The predicted octanol–water partition coefficient (Wildman–Crippen LogP) is 2.19. The molecule has 2 aromatic rings. The van der Waals surface area contributed by atoms with Gasteiger partial charge in [0, 0.05) is 6.54 Å². The van der Waals surface area contributed by atoms with E-state index in [1.165, 1.54) is 26.4 Å². The molecular weight excluding hydrogens is 318 g/mol. The van der Waals surface area contributed by atoms with Crippen LogP contribution in [0.2, 0.25) is 0 Å². The van der Waals surface area contributed by atoms with Crippen LogP contribution in [0.25, 0.3) is 0 Å². The molecule has 0 saturated heterocycles. The van der Waals surface area contributed by atoms with Gasteiger partial charge in [0.1, 0.15) is 5.75 Å². The maximum atomic E-state index is 12.3. The van der Waals surface area contributed by atoms with E-state index in [1.54, 1.807) is 37.4 Å². The Morgan fingerprint density at radius 2 is 1.52 bits per heavy atom. The summed E-state index contributed by atoms with van der Waals surface area (Å²) in [5, 5.41) is 0. The molecule has 0 spiro atoms. The van der Waals surface area contributed by atoms with E-state index >= 15 is 0 Å². The Morgan fingerprint density at radius 1 is 0.870 bits per heavy atom. The molecule has 7 heteroatoms. The van der Waals surface area contributed by atoms with Gasteiger partial charge in [-0.1, -0.05) is 6.07 Å². The van der Waals surface area contributed by atoms with E-state index < -0.39 is 10.0 Å². The Labute approximate surface area is 136 Å². The van der Waals surface area contributed by atoms with E-state index in [0.717, 1.165) is 5.56 Å². The summed E-state index contributed by atoms with van der Waals surface area (Å²) in [4.78, 5) is 0.179. The van der Waals surface area contributed by atoms with Crippen LogP contribution in [0.15, 0.2) is 47.4 Å². The van der Waals surface area contributed by atoms with E-state index in [2.05, 4.69) is 4.72 Å². The van der Waals surface area contributed by atoms with Crippen LogP contribution in [-0.4, -0.2) is 29.7 Å². The van der Waals surface area contributed by atoms with Gasteiger partial charge in [0.2, 0.25) is 10.0 Å². The molecule has 0 aliphatic carbocycles. The molecule has 2 rings (SSSR count). The van der Waals surface area contributed by atoms with Crippen molar-refractivity contribution in [3.8, 4) is 17.2 Å². The van der Waals surface area contributed by atoms with Gasteiger partial charge in [0.05, 0.1) is 26.2 Å². The number of nitrogens with one attached hydrogen (secondary N) is 1. The van der Waals surface area contributed by atoms with Crippen molar-refractivity contribution in [2.24, 2.45) is 0 Å². The number of ether oxygens (including phenoxy) is 3. The van der Waals surface area contributed by atoms with Crippen molar-refractivity contribution in [1.82, 2.24) is 4.72 Å². The highest BCUT2D eigenvalue weighted by molar-refractivity contribution is 7.89. The second kappa shape index (κ2) is 7.34. The zero-order valence-corrected chi connectivity index (χ0v) is 14.0. The van der Waals surface area contributed by atoms with Crippen LogP contribution in [-0.2, 0) is 16.6 Å². The number of methoxy groups -OCH3 is 3. The van der Waals surface area contributed by atoms with Crippen LogP contribution in [0.1, 0.15) is 5.56 Å². The lowest BCUT2D eigenvalue weighted by molar-refractivity contribution is 0.354. The smallest absolute Gasteiger partial charge is 0.240 e. The van der Waals surface area contributed by atoms with Crippen molar-refractivity contribution in [2.45, 2.75) is 11.4 Å². The third kappa shape index (κ3) is 4.14. The Bertz CT molecular complexity index is 757. The first-order valence-corrected chi connectivity index (χ1v) is 8.33. The summed E-state index contributed by atoms with van der Waals surface area (Å²) < 4.78 is 42.5. The molecule has 124 valence electrons. The van der Waals surface area contributed by atoms with Crippen LogP contribution in [0, 0.1) is 0 Å². The Kier molecular flexibility index (Phi) is 5.46. The van der Waals surface area contributed by atoms with Crippen molar-refractivity contribution in [3.05, 3.63) is 48.0 Å². The molecule has 0 saturated carbocycles. The van der Waals surface area contributed by atoms with Crippen LogP contribution in [0.4, 0.5) is 0 Å². The lowest BCUT2D eigenvalue weighted by atomic mass is 10.2. The maximum absolute atomic E-state index is 12.3. The van der Waals surface area contributed by atoms with E-state index in [1.807, 2.05) is 0 Å². The fourth-order valence-corrected chi connectivity index (χ4v) is 3.02. The summed E-state index contributed by atoms with van der Waals surface area (Å²) in [6.45, 7) is 0.148. The van der Waals surface area contributed by atoms with Gasteiger partial charge in [0.25, 0.3) is 0 Å². The maximum Gasteiger partial charge on any atom is 0.240 e. The first-order chi connectivity index (χ1) is 11.0. The van der Waals surface area contributed by atoms with Gasteiger partial charge in [-0.25, -0.2) is 13.1 Å². The largest absolute Gasteiger partial charge is 0.497 e. The number of benzene rings is 2. The van der Waals surface area contributed by atoms with Crippen LogP contribution < -0.4 is 18.9 Å². The minimum absolute atomic E-state index is 0.148. The molecule has 6 nitrogen and oxygen atoms in total. The van der Waals surface area contributed by atoms with Gasteiger partial charge in [-0.3, -0.25) is 0 Å². The summed E-state index contributed by atoms with van der Waals surface area (Å²) in [5.74, 6) is 1.74. The van der Waals surface area contributed by atoms with E-state index in [4.69, 9.17) is 14.2 Å². The average molecular weight is 337 g/mol. The molecule has 0 heterocycles. The number of rotatable bonds is 7. The summed E-state index contributed by atoms with van der Waals surface area (Å²) in [6, 6.07) is 11.4. The van der Waals surface area contributed by atoms with Crippen LogP contribution in [0.3, 0.4) is 0 Å². The van der Waals surface area contributed by atoms with Gasteiger partial charge in [-0.05, 0) is 42.0 Å². The highest BCUT2D eigenvalue weighted by Gasteiger charge is 2.14. The Morgan fingerprint density at radius 3 is 2.09 bits per heavy atom. The molecular formula is C16H19NO5S. The van der Waals surface area contributed by atoms with Crippen molar-refractivity contribution in [2.75, 3.05) is 21.3 Å². The SMILES string of the molecule is COc1ccc(S(=O)(=O)NCc2ccc(OC)c(OC)c2)cc1. The Hall–Kier alpha value is -2.25. The third-order valence-corrected chi connectivity index (χ3v) is 4.70. The van der Waals surface area contributed by atoms with Crippen LogP contribution >= 0.6 is 0 Å². The standard InChI is InChI=1S/C16H19NO5S/c1-20-13-5-7-14(8-6-13)23(18,19)17-11-12-4-9-15(21-2)16(10-12)22-3/h4-10,17H,11H2,1-3H3. The van der Waals surface area contributed by atoms with Crippen molar-refractivity contribution >= 4 is 10.0 Å². The molecule has 0 unspecified atom stereocenters. The Balaban J connectivity index is 2.12. The zero-order chi connectivity index (χ0) is 16.9. The van der Waals surface area contributed by atoms with Crippen molar-refractivity contribution in [1.29, 1.82) is 0 Å². The van der Waals surface area contributed by atoms with E-state index in [-0.39, 0.29) is 11.4 Å². The summed E-state index contributed by atoms with van der Waals surface area (Å²) in [5.41, 5.74) is 0.764. The monoisotopic (exact) mass is 337 g/mol. The molecule has 0 amide bonds. The minimum atomic E-state index is -3.60. The number of hydrogen-bond donors (Lipinski definition) is 1. The molecule has 0 radical (unpaired) electrons. The predicted molar refractivity (Wildman–Crippen MR) is 86.6 cm³/mol. The molecule has 1 N–H and O–H groups in total. The van der Waals surface area contributed by atoms with Crippen molar-refractivity contribution < 1.29 is 22.6 Å². The molecule has 23 heavy (non-hydrogen) atoms.